The number of aldehydes is 1. The molecule has 0 N–H and O–H groups in total. The maximum atomic E-state index is 12.0. The van der Waals surface area contributed by atoms with Crippen LogP contribution in [-0.2, 0) is 11.2 Å². The summed E-state index contributed by atoms with van der Waals surface area (Å²) in [7, 11) is 0. The van der Waals surface area contributed by atoms with Gasteiger partial charge in [0.05, 0.1) is 0 Å². The molecule has 0 radical (unpaired) electrons. The van der Waals surface area contributed by atoms with Crippen LogP contribution in [0.5, 0.6) is 5.75 Å². The van der Waals surface area contributed by atoms with Crippen LogP contribution in [0.1, 0.15) is 5.56 Å². The van der Waals surface area contributed by atoms with Gasteiger partial charge in [0.15, 0.2) is 0 Å². The predicted octanol–water partition coefficient (Wildman–Crippen LogP) is 3.18. The number of carbonyl (C=O) groups is 1. The summed E-state index contributed by atoms with van der Waals surface area (Å²) in [6, 6.07) is 10.2. The summed E-state index contributed by atoms with van der Waals surface area (Å²) in [6.45, 7) is -2.82. The molecule has 2 nitrogen and oxygen atoms in total. The molecule has 0 aliphatic heterocycles. The number of alkyl halides is 2. The van der Waals surface area contributed by atoms with E-state index < -0.39 is 6.61 Å². The minimum Gasteiger partial charge on any atom is -0.435 e. The van der Waals surface area contributed by atoms with Gasteiger partial charge in [0.25, 0.3) is 0 Å². The van der Waals surface area contributed by atoms with Gasteiger partial charge in [-0.15, -0.1) is 0 Å². The molecule has 0 aromatic heterocycles. The second-order valence-corrected chi connectivity index (χ2v) is 3.59. The normalized spacial score (nSPS) is 10.8. The van der Waals surface area contributed by atoms with Crippen LogP contribution >= 0.6 is 0 Å². The van der Waals surface area contributed by atoms with Crippen LogP contribution in [-0.4, -0.2) is 12.9 Å². The van der Waals surface area contributed by atoms with E-state index in [0.717, 1.165) is 22.6 Å². The van der Waals surface area contributed by atoms with Crippen LogP contribution in [0, 0.1) is 0 Å². The zero-order valence-electron chi connectivity index (χ0n) is 8.90. The fourth-order valence-corrected chi connectivity index (χ4v) is 1.67. The first kappa shape index (κ1) is 11.5. The quantitative estimate of drug-likeness (QED) is 0.762. The Balaban J connectivity index is 2.36. The Labute approximate surface area is 96.8 Å². The summed E-state index contributed by atoms with van der Waals surface area (Å²) >= 11 is 0. The highest BCUT2D eigenvalue weighted by Crippen LogP contribution is 2.23. The number of fused-ring (bicyclic) bond motifs is 1. The first-order chi connectivity index (χ1) is 8.19. The lowest BCUT2D eigenvalue weighted by Gasteiger charge is -2.06. The number of rotatable bonds is 4. The molecule has 88 valence electrons. The van der Waals surface area contributed by atoms with Crippen molar-refractivity contribution < 1.29 is 18.3 Å². The van der Waals surface area contributed by atoms with Crippen LogP contribution < -0.4 is 4.74 Å². The topological polar surface area (TPSA) is 26.3 Å². The average Bonchev–Trinajstić information content (AvgIpc) is 2.29. The van der Waals surface area contributed by atoms with Gasteiger partial charge in [-0.25, -0.2) is 0 Å². The fourth-order valence-electron chi connectivity index (χ4n) is 1.67. The Morgan fingerprint density at radius 1 is 1.12 bits per heavy atom. The highest BCUT2D eigenvalue weighted by atomic mass is 19.3. The van der Waals surface area contributed by atoms with Crippen LogP contribution in [0.3, 0.4) is 0 Å². The monoisotopic (exact) mass is 236 g/mol. The molecular weight excluding hydrogens is 226 g/mol. The summed E-state index contributed by atoms with van der Waals surface area (Å²) in [5, 5.41) is 1.70. The molecule has 17 heavy (non-hydrogen) atoms. The van der Waals surface area contributed by atoms with E-state index in [0.29, 0.717) is 6.42 Å². The van der Waals surface area contributed by atoms with Crippen molar-refractivity contribution in [1.82, 2.24) is 0 Å². The van der Waals surface area contributed by atoms with E-state index in [9.17, 15) is 13.6 Å². The molecule has 0 aliphatic carbocycles. The van der Waals surface area contributed by atoms with Gasteiger partial charge in [-0.1, -0.05) is 24.3 Å². The smallest absolute Gasteiger partial charge is 0.387 e. The van der Waals surface area contributed by atoms with E-state index >= 15 is 0 Å². The number of carbonyl (C=O) groups excluding carboxylic acids is 1. The SMILES string of the molecule is O=CCc1ccc2cc(OC(F)F)ccc2c1. The molecular formula is C13H10F2O2. The number of ether oxygens (including phenoxy) is 1. The van der Waals surface area contributed by atoms with E-state index in [-0.39, 0.29) is 5.75 Å². The Morgan fingerprint density at radius 3 is 2.53 bits per heavy atom. The van der Waals surface area contributed by atoms with Crippen molar-refractivity contribution in [3.05, 3.63) is 42.0 Å². The third-order valence-electron chi connectivity index (χ3n) is 2.42. The zero-order chi connectivity index (χ0) is 12.3. The molecule has 0 saturated heterocycles. The number of halogens is 2. The van der Waals surface area contributed by atoms with Crippen LogP contribution in [0.4, 0.5) is 8.78 Å². The highest BCUT2D eigenvalue weighted by Gasteiger charge is 2.05. The molecule has 0 heterocycles. The largest absolute Gasteiger partial charge is 0.435 e. The number of benzene rings is 2. The standard InChI is InChI=1S/C13H10F2O2/c14-13(15)17-12-4-3-10-7-9(5-6-16)1-2-11(10)8-12/h1-4,6-8,13H,5H2. The van der Waals surface area contributed by atoms with Crippen LogP contribution in [0.25, 0.3) is 10.8 Å². The lowest BCUT2D eigenvalue weighted by Crippen LogP contribution is -2.01. The molecule has 2 aromatic rings. The molecule has 0 bridgehead atoms. The third kappa shape index (κ3) is 2.78. The van der Waals surface area contributed by atoms with Crippen molar-refractivity contribution in [2.24, 2.45) is 0 Å². The van der Waals surface area contributed by atoms with E-state index in [1.165, 1.54) is 6.07 Å². The van der Waals surface area contributed by atoms with Gasteiger partial charge >= 0.3 is 6.61 Å². The molecule has 0 amide bonds. The minimum absolute atomic E-state index is 0.135. The summed E-state index contributed by atoms with van der Waals surface area (Å²) in [5.74, 6) is 0.135. The van der Waals surface area contributed by atoms with Crippen molar-refractivity contribution in [3.8, 4) is 5.75 Å². The molecule has 0 saturated carbocycles. The van der Waals surface area contributed by atoms with Gasteiger partial charge in [-0.05, 0) is 28.5 Å². The lowest BCUT2D eigenvalue weighted by atomic mass is 10.1. The Hall–Kier alpha value is -1.97. The minimum atomic E-state index is -2.82. The van der Waals surface area contributed by atoms with Crippen molar-refractivity contribution >= 4 is 17.1 Å². The number of hydrogen-bond acceptors (Lipinski definition) is 2. The van der Waals surface area contributed by atoms with Crippen LogP contribution in [0.15, 0.2) is 36.4 Å². The van der Waals surface area contributed by atoms with Gasteiger partial charge in [-0.3, -0.25) is 0 Å². The van der Waals surface area contributed by atoms with Gasteiger partial charge in [0, 0.05) is 6.42 Å². The first-order valence-corrected chi connectivity index (χ1v) is 5.10. The maximum Gasteiger partial charge on any atom is 0.387 e. The molecule has 0 fully saturated rings. The second kappa shape index (κ2) is 4.91. The Bertz CT molecular complexity index is 538. The lowest BCUT2D eigenvalue weighted by molar-refractivity contribution is -0.107. The Kier molecular flexibility index (Phi) is 3.32. The second-order valence-electron chi connectivity index (χ2n) is 3.59. The van der Waals surface area contributed by atoms with Gasteiger partial charge in [0.2, 0.25) is 0 Å². The summed E-state index contributed by atoms with van der Waals surface area (Å²) < 4.78 is 28.4. The predicted molar refractivity (Wildman–Crippen MR) is 60.3 cm³/mol. The average molecular weight is 236 g/mol. The summed E-state index contributed by atoms with van der Waals surface area (Å²) in [5.41, 5.74) is 0.898. The van der Waals surface area contributed by atoms with E-state index in [2.05, 4.69) is 4.74 Å². The molecule has 4 heteroatoms. The third-order valence-corrected chi connectivity index (χ3v) is 2.42. The molecule has 0 aliphatic rings. The van der Waals surface area contributed by atoms with Gasteiger partial charge < -0.3 is 9.53 Å². The van der Waals surface area contributed by atoms with E-state index in [1.54, 1.807) is 24.3 Å². The Morgan fingerprint density at radius 2 is 1.82 bits per heavy atom. The van der Waals surface area contributed by atoms with Crippen molar-refractivity contribution in [2.45, 2.75) is 13.0 Å². The van der Waals surface area contributed by atoms with Gasteiger partial charge in [0.1, 0.15) is 12.0 Å². The highest BCUT2D eigenvalue weighted by molar-refractivity contribution is 5.85. The molecule has 0 atom stereocenters. The van der Waals surface area contributed by atoms with Crippen molar-refractivity contribution in [3.63, 3.8) is 0 Å². The fraction of sp³-hybridized carbons (Fsp3) is 0.154. The molecule has 0 unspecified atom stereocenters. The van der Waals surface area contributed by atoms with Crippen molar-refractivity contribution in [1.29, 1.82) is 0 Å². The summed E-state index contributed by atoms with van der Waals surface area (Å²) in [6.07, 6.45) is 1.18. The van der Waals surface area contributed by atoms with E-state index in [4.69, 9.17) is 0 Å². The molecule has 0 spiro atoms. The first-order valence-electron chi connectivity index (χ1n) is 5.10. The molecule has 2 rings (SSSR count). The van der Waals surface area contributed by atoms with Gasteiger partial charge in [-0.2, -0.15) is 8.78 Å². The van der Waals surface area contributed by atoms with Crippen molar-refractivity contribution in [2.75, 3.05) is 0 Å². The zero-order valence-corrected chi connectivity index (χ0v) is 8.90. The van der Waals surface area contributed by atoms with E-state index in [1.807, 2.05) is 6.07 Å². The summed E-state index contributed by atoms with van der Waals surface area (Å²) in [4.78, 5) is 10.4. The van der Waals surface area contributed by atoms with Crippen LogP contribution in [0.2, 0.25) is 0 Å². The maximum absolute atomic E-state index is 12.0. The molecule has 2 aromatic carbocycles. The number of hydrogen-bond donors (Lipinski definition) is 0.